The zero-order valence-electron chi connectivity index (χ0n) is 13.2. The molecule has 0 spiro atoms. The number of ether oxygens (including phenoxy) is 2. The normalized spacial score (nSPS) is 10.6. The van der Waals surface area contributed by atoms with Crippen LogP contribution in [0.15, 0.2) is 54.6 Å². The summed E-state index contributed by atoms with van der Waals surface area (Å²) in [7, 11) is 0. The van der Waals surface area contributed by atoms with Gasteiger partial charge in [0.2, 0.25) is 0 Å². The van der Waals surface area contributed by atoms with Crippen LogP contribution in [0.2, 0.25) is 0 Å². The average molecular weight is 325 g/mol. The molecule has 0 aliphatic heterocycles. The molecule has 0 atom stereocenters. The highest BCUT2D eigenvalue weighted by Gasteiger charge is 2.13. The molecule has 0 fully saturated rings. The van der Waals surface area contributed by atoms with E-state index in [4.69, 9.17) is 9.47 Å². The van der Waals surface area contributed by atoms with Gasteiger partial charge in [-0.1, -0.05) is 18.2 Å². The lowest BCUT2D eigenvalue weighted by Crippen LogP contribution is -2.13. The molecule has 24 heavy (non-hydrogen) atoms. The van der Waals surface area contributed by atoms with E-state index in [1.807, 2.05) is 31.2 Å². The first-order valence-electron chi connectivity index (χ1n) is 7.55. The number of benzene rings is 2. The topological polar surface area (TPSA) is 48.4 Å². The van der Waals surface area contributed by atoms with Crippen LogP contribution in [0.4, 0.5) is 4.39 Å². The third-order valence-corrected chi connectivity index (χ3v) is 3.46. The van der Waals surface area contributed by atoms with Gasteiger partial charge in [-0.25, -0.2) is 9.18 Å². The van der Waals surface area contributed by atoms with Crippen LogP contribution < -0.4 is 4.74 Å². The van der Waals surface area contributed by atoms with Gasteiger partial charge in [0.05, 0.1) is 11.1 Å². The highest BCUT2D eigenvalue weighted by atomic mass is 19.1. The van der Waals surface area contributed by atoms with E-state index in [0.717, 1.165) is 16.6 Å². The SMILES string of the molecule is Cc1cc(C(=O)OCCOc2ccc(F)cc2)c2ccccc2n1. The molecule has 0 N–H and O–H groups in total. The minimum atomic E-state index is -0.417. The second-order valence-corrected chi connectivity index (χ2v) is 5.27. The molecule has 0 unspecified atom stereocenters. The molecule has 0 radical (unpaired) electrons. The zero-order chi connectivity index (χ0) is 16.9. The van der Waals surface area contributed by atoms with Crippen molar-refractivity contribution in [1.82, 2.24) is 4.98 Å². The van der Waals surface area contributed by atoms with Crippen LogP contribution in [0.3, 0.4) is 0 Å². The van der Waals surface area contributed by atoms with Crippen LogP contribution in [0, 0.1) is 12.7 Å². The lowest BCUT2D eigenvalue weighted by Gasteiger charge is -2.09. The summed E-state index contributed by atoms with van der Waals surface area (Å²) >= 11 is 0. The molecule has 122 valence electrons. The largest absolute Gasteiger partial charge is 0.490 e. The van der Waals surface area contributed by atoms with E-state index in [0.29, 0.717) is 11.3 Å². The van der Waals surface area contributed by atoms with Crippen LogP contribution in [-0.2, 0) is 4.74 Å². The van der Waals surface area contributed by atoms with Gasteiger partial charge in [0.15, 0.2) is 0 Å². The minimum absolute atomic E-state index is 0.103. The van der Waals surface area contributed by atoms with Gasteiger partial charge in [-0.15, -0.1) is 0 Å². The van der Waals surface area contributed by atoms with Crippen molar-refractivity contribution < 1.29 is 18.7 Å². The summed E-state index contributed by atoms with van der Waals surface area (Å²) in [4.78, 5) is 16.7. The van der Waals surface area contributed by atoms with E-state index in [9.17, 15) is 9.18 Å². The Morgan fingerprint density at radius 2 is 1.83 bits per heavy atom. The Labute approximate surface area is 138 Å². The predicted octanol–water partition coefficient (Wildman–Crippen LogP) is 3.92. The number of esters is 1. The van der Waals surface area contributed by atoms with Crippen molar-refractivity contribution in [2.45, 2.75) is 6.92 Å². The molecule has 5 heteroatoms. The van der Waals surface area contributed by atoms with E-state index in [-0.39, 0.29) is 19.0 Å². The Balaban J connectivity index is 1.62. The number of carbonyl (C=O) groups excluding carboxylic acids is 1. The van der Waals surface area contributed by atoms with Crippen molar-refractivity contribution in [3.05, 3.63) is 71.7 Å². The number of hydrogen-bond donors (Lipinski definition) is 0. The number of pyridine rings is 1. The van der Waals surface area contributed by atoms with Crippen LogP contribution in [0.1, 0.15) is 16.1 Å². The zero-order valence-corrected chi connectivity index (χ0v) is 13.2. The maximum Gasteiger partial charge on any atom is 0.339 e. The number of carbonyl (C=O) groups is 1. The van der Waals surface area contributed by atoms with Crippen molar-refractivity contribution in [2.75, 3.05) is 13.2 Å². The van der Waals surface area contributed by atoms with Crippen molar-refractivity contribution in [2.24, 2.45) is 0 Å². The monoisotopic (exact) mass is 325 g/mol. The number of rotatable bonds is 5. The van der Waals surface area contributed by atoms with Crippen LogP contribution >= 0.6 is 0 Å². The number of aromatic nitrogens is 1. The molecule has 1 heterocycles. The fourth-order valence-electron chi connectivity index (χ4n) is 2.38. The van der Waals surface area contributed by atoms with Crippen LogP contribution in [-0.4, -0.2) is 24.2 Å². The Bertz CT molecular complexity index is 862. The van der Waals surface area contributed by atoms with E-state index in [1.165, 1.54) is 24.3 Å². The van der Waals surface area contributed by atoms with Gasteiger partial charge in [0, 0.05) is 11.1 Å². The predicted molar refractivity (Wildman–Crippen MR) is 88.7 cm³/mol. The maximum atomic E-state index is 12.8. The Hall–Kier alpha value is -2.95. The van der Waals surface area contributed by atoms with Gasteiger partial charge in [0.25, 0.3) is 0 Å². The fourth-order valence-corrected chi connectivity index (χ4v) is 2.38. The maximum absolute atomic E-state index is 12.8. The first-order valence-corrected chi connectivity index (χ1v) is 7.55. The lowest BCUT2D eigenvalue weighted by molar-refractivity contribution is 0.0452. The first kappa shape index (κ1) is 15.9. The summed E-state index contributed by atoms with van der Waals surface area (Å²) < 4.78 is 23.5. The quantitative estimate of drug-likeness (QED) is 0.527. The molecule has 1 aromatic heterocycles. The second kappa shape index (κ2) is 7.08. The number of halogens is 1. The Morgan fingerprint density at radius 3 is 2.62 bits per heavy atom. The molecule has 2 aromatic carbocycles. The molecule has 0 saturated heterocycles. The summed E-state index contributed by atoms with van der Waals surface area (Å²) in [6, 6.07) is 14.8. The standard InChI is InChI=1S/C19H16FNO3/c1-13-12-17(16-4-2-3-5-18(16)21-13)19(22)24-11-10-23-15-8-6-14(20)7-9-15/h2-9,12H,10-11H2,1H3. The van der Waals surface area contributed by atoms with Gasteiger partial charge in [-0.2, -0.15) is 0 Å². The molecule has 3 rings (SSSR count). The lowest BCUT2D eigenvalue weighted by atomic mass is 10.1. The van der Waals surface area contributed by atoms with Crippen molar-refractivity contribution in [1.29, 1.82) is 0 Å². The summed E-state index contributed by atoms with van der Waals surface area (Å²) in [5.74, 6) is -0.217. The van der Waals surface area contributed by atoms with Crippen LogP contribution in [0.25, 0.3) is 10.9 Å². The van der Waals surface area contributed by atoms with Gasteiger partial charge >= 0.3 is 5.97 Å². The molecule has 0 saturated carbocycles. The van der Waals surface area contributed by atoms with Crippen molar-refractivity contribution >= 4 is 16.9 Å². The second-order valence-electron chi connectivity index (χ2n) is 5.27. The number of hydrogen-bond acceptors (Lipinski definition) is 4. The summed E-state index contributed by atoms with van der Waals surface area (Å²) in [5.41, 5.74) is 2.00. The minimum Gasteiger partial charge on any atom is -0.490 e. The molecule has 3 aromatic rings. The van der Waals surface area contributed by atoms with Gasteiger partial charge in [0.1, 0.15) is 24.8 Å². The number of aryl methyl sites for hydroxylation is 1. The molecule has 0 amide bonds. The fraction of sp³-hybridized carbons (Fsp3) is 0.158. The highest BCUT2D eigenvalue weighted by Crippen LogP contribution is 2.19. The molecule has 0 aliphatic rings. The number of nitrogens with zero attached hydrogens (tertiary/aromatic N) is 1. The summed E-state index contributed by atoms with van der Waals surface area (Å²) in [6.07, 6.45) is 0. The number of fused-ring (bicyclic) bond motifs is 1. The highest BCUT2D eigenvalue weighted by molar-refractivity contribution is 6.03. The Morgan fingerprint density at radius 1 is 1.08 bits per heavy atom. The average Bonchev–Trinajstić information content (AvgIpc) is 2.59. The third-order valence-electron chi connectivity index (χ3n) is 3.46. The first-order chi connectivity index (χ1) is 11.6. The van der Waals surface area contributed by atoms with Gasteiger partial charge < -0.3 is 9.47 Å². The number of para-hydroxylation sites is 1. The van der Waals surface area contributed by atoms with Gasteiger partial charge in [-0.05, 0) is 43.3 Å². The van der Waals surface area contributed by atoms with E-state index < -0.39 is 5.97 Å². The van der Waals surface area contributed by atoms with Crippen molar-refractivity contribution in [3.8, 4) is 5.75 Å². The molecular formula is C19H16FNO3. The van der Waals surface area contributed by atoms with E-state index in [2.05, 4.69) is 4.98 Å². The Kier molecular flexibility index (Phi) is 4.70. The third kappa shape index (κ3) is 3.68. The molecule has 0 bridgehead atoms. The van der Waals surface area contributed by atoms with E-state index in [1.54, 1.807) is 6.07 Å². The molecule has 0 aliphatic carbocycles. The van der Waals surface area contributed by atoms with E-state index >= 15 is 0 Å². The van der Waals surface area contributed by atoms with Gasteiger partial charge in [-0.3, -0.25) is 4.98 Å². The van der Waals surface area contributed by atoms with Crippen LogP contribution in [0.5, 0.6) is 5.75 Å². The van der Waals surface area contributed by atoms with Crippen molar-refractivity contribution in [3.63, 3.8) is 0 Å². The smallest absolute Gasteiger partial charge is 0.339 e. The molecule has 4 nitrogen and oxygen atoms in total. The summed E-state index contributed by atoms with van der Waals surface area (Å²) in [6.45, 7) is 2.13. The summed E-state index contributed by atoms with van der Waals surface area (Å²) in [5, 5.41) is 0.757. The molecular weight excluding hydrogens is 309 g/mol.